The Morgan fingerprint density at radius 3 is 2.36 bits per heavy atom. The lowest BCUT2D eigenvalue weighted by Gasteiger charge is -2.14. The van der Waals surface area contributed by atoms with Crippen LogP contribution in [-0.4, -0.2) is 20.4 Å². The molecule has 0 bridgehead atoms. The number of benzene rings is 2. The van der Waals surface area contributed by atoms with E-state index in [1.54, 1.807) is 43.3 Å². The van der Waals surface area contributed by atoms with Crippen molar-refractivity contribution in [2.45, 2.75) is 38.1 Å². The van der Waals surface area contributed by atoms with Gasteiger partial charge in [0.05, 0.1) is 4.90 Å². The lowest BCUT2D eigenvalue weighted by Crippen LogP contribution is -2.32. The highest BCUT2D eigenvalue weighted by molar-refractivity contribution is 7.89. The summed E-state index contributed by atoms with van der Waals surface area (Å²) in [5.41, 5.74) is 1.69. The summed E-state index contributed by atoms with van der Waals surface area (Å²) in [4.78, 5) is 12.4. The van der Waals surface area contributed by atoms with Gasteiger partial charge in [0, 0.05) is 22.3 Å². The Bertz CT molecular complexity index is 864. The molecule has 0 unspecified atom stereocenters. The highest BCUT2D eigenvalue weighted by Gasteiger charge is 2.18. The molecule has 1 atom stereocenters. The number of nitrogens with one attached hydrogen (secondary N) is 2. The normalized spacial score (nSPS) is 12.6. The molecular formula is C18H21ClN2O3S. The van der Waals surface area contributed by atoms with Gasteiger partial charge in [-0.1, -0.05) is 18.5 Å². The third kappa shape index (κ3) is 5.04. The number of anilines is 1. The zero-order valence-corrected chi connectivity index (χ0v) is 15.9. The van der Waals surface area contributed by atoms with Crippen LogP contribution in [0.25, 0.3) is 0 Å². The zero-order chi connectivity index (χ0) is 18.6. The molecule has 0 heterocycles. The number of hydrogen-bond acceptors (Lipinski definition) is 3. The molecule has 25 heavy (non-hydrogen) atoms. The van der Waals surface area contributed by atoms with Gasteiger partial charge >= 0.3 is 0 Å². The molecule has 0 aliphatic rings. The fraction of sp³-hybridized carbons (Fsp3) is 0.278. The fourth-order valence-electron chi connectivity index (χ4n) is 2.16. The average Bonchev–Trinajstić information content (AvgIpc) is 2.56. The van der Waals surface area contributed by atoms with Crippen LogP contribution >= 0.6 is 11.6 Å². The Hall–Kier alpha value is -1.89. The summed E-state index contributed by atoms with van der Waals surface area (Å²) in [5, 5.41) is 3.33. The Kier molecular flexibility index (Phi) is 6.21. The predicted octanol–water partition coefficient (Wildman–Crippen LogP) is 3.98. The molecule has 2 rings (SSSR count). The molecule has 0 spiro atoms. The summed E-state index contributed by atoms with van der Waals surface area (Å²) in [5.74, 6) is -0.284. The van der Waals surface area contributed by atoms with Crippen LogP contribution in [0.1, 0.15) is 36.2 Å². The first kappa shape index (κ1) is 19.4. The second-order valence-corrected chi connectivity index (χ2v) is 8.02. The minimum Gasteiger partial charge on any atom is -0.322 e. The van der Waals surface area contributed by atoms with Crippen LogP contribution in [0.2, 0.25) is 5.02 Å². The van der Waals surface area contributed by atoms with E-state index >= 15 is 0 Å². The van der Waals surface area contributed by atoms with E-state index < -0.39 is 10.0 Å². The summed E-state index contributed by atoms with van der Waals surface area (Å²) in [6.45, 7) is 5.47. The molecule has 0 aliphatic heterocycles. The van der Waals surface area contributed by atoms with E-state index in [4.69, 9.17) is 11.6 Å². The quantitative estimate of drug-likeness (QED) is 0.795. The van der Waals surface area contributed by atoms with E-state index in [1.807, 2.05) is 13.8 Å². The van der Waals surface area contributed by atoms with E-state index in [-0.39, 0.29) is 16.8 Å². The molecule has 0 aromatic heterocycles. The second-order valence-electron chi connectivity index (χ2n) is 5.87. The summed E-state index contributed by atoms with van der Waals surface area (Å²) in [6.07, 6.45) is 0.702. The highest BCUT2D eigenvalue weighted by atomic mass is 35.5. The molecule has 2 aromatic rings. The van der Waals surface area contributed by atoms with E-state index in [1.165, 1.54) is 6.07 Å². The number of rotatable bonds is 6. The van der Waals surface area contributed by atoms with Gasteiger partial charge in [-0.2, -0.15) is 0 Å². The number of sulfonamides is 1. The zero-order valence-electron chi connectivity index (χ0n) is 14.3. The maximum atomic E-state index is 12.3. The number of carbonyl (C=O) groups is 1. The van der Waals surface area contributed by atoms with Gasteiger partial charge in [0.25, 0.3) is 5.91 Å². The van der Waals surface area contributed by atoms with Crippen LogP contribution in [0, 0.1) is 6.92 Å². The molecule has 0 saturated carbocycles. The van der Waals surface area contributed by atoms with Gasteiger partial charge in [0.1, 0.15) is 0 Å². The fourth-order valence-corrected chi connectivity index (χ4v) is 3.69. The van der Waals surface area contributed by atoms with Crippen LogP contribution in [-0.2, 0) is 10.0 Å². The van der Waals surface area contributed by atoms with Crippen LogP contribution in [0.15, 0.2) is 47.4 Å². The Balaban J connectivity index is 2.19. The molecule has 2 N–H and O–H groups in total. The van der Waals surface area contributed by atoms with Gasteiger partial charge in [-0.25, -0.2) is 13.1 Å². The van der Waals surface area contributed by atoms with Crippen LogP contribution in [0.5, 0.6) is 0 Å². The van der Waals surface area contributed by atoms with Gasteiger partial charge in [-0.3, -0.25) is 4.79 Å². The van der Waals surface area contributed by atoms with Crippen molar-refractivity contribution in [1.82, 2.24) is 4.72 Å². The first-order chi connectivity index (χ1) is 11.7. The lowest BCUT2D eigenvalue weighted by molar-refractivity contribution is 0.102. The number of hydrogen-bond donors (Lipinski definition) is 2. The van der Waals surface area contributed by atoms with Crippen molar-refractivity contribution >= 4 is 33.2 Å². The Morgan fingerprint density at radius 1 is 1.16 bits per heavy atom. The van der Waals surface area contributed by atoms with Crippen molar-refractivity contribution in [3.05, 3.63) is 58.6 Å². The SMILES string of the molecule is CC[C@H](C)NS(=O)(=O)c1ccc(NC(=O)c2ccc(Cl)cc2)c(C)c1. The van der Waals surface area contributed by atoms with Crippen molar-refractivity contribution in [2.24, 2.45) is 0 Å². The van der Waals surface area contributed by atoms with E-state index in [9.17, 15) is 13.2 Å². The first-order valence-electron chi connectivity index (χ1n) is 7.93. The average molecular weight is 381 g/mol. The monoisotopic (exact) mass is 380 g/mol. The summed E-state index contributed by atoms with van der Waals surface area (Å²) in [6, 6.07) is 11.0. The number of carbonyl (C=O) groups excluding carboxylic acids is 1. The minimum absolute atomic E-state index is 0.144. The summed E-state index contributed by atoms with van der Waals surface area (Å²) in [7, 11) is -3.57. The topological polar surface area (TPSA) is 75.3 Å². The lowest BCUT2D eigenvalue weighted by atomic mass is 10.1. The molecule has 2 aromatic carbocycles. The predicted molar refractivity (Wildman–Crippen MR) is 101 cm³/mol. The Morgan fingerprint density at radius 2 is 1.80 bits per heavy atom. The van der Waals surface area contributed by atoms with Crippen LogP contribution in [0.3, 0.4) is 0 Å². The van der Waals surface area contributed by atoms with Gasteiger partial charge in [-0.15, -0.1) is 0 Å². The van der Waals surface area contributed by atoms with Crippen molar-refractivity contribution in [3.8, 4) is 0 Å². The van der Waals surface area contributed by atoms with Crippen LogP contribution < -0.4 is 10.0 Å². The van der Waals surface area contributed by atoms with Gasteiger partial charge in [-0.05, 0) is 68.3 Å². The molecule has 7 heteroatoms. The maximum Gasteiger partial charge on any atom is 0.255 e. The van der Waals surface area contributed by atoms with Crippen molar-refractivity contribution in [3.63, 3.8) is 0 Å². The maximum absolute atomic E-state index is 12.3. The van der Waals surface area contributed by atoms with Crippen molar-refractivity contribution in [1.29, 1.82) is 0 Å². The number of amides is 1. The van der Waals surface area contributed by atoms with Crippen molar-refractivity contribution in [2.75, 3.05) is 5.32 Å². The Labute approximate surface area is 153 Å². The molecule has 1 amide bonds. The van der Waals surface area contributed by atoms with Crippen molar-refractivity contribution < 1.29 is 13.2 Å². The second kappa shape index (κ2) is 7.99. The molecule has 0 fully saturated rings. The molecule has 5 nitrogen and oxygen atoms in total. The minimum atomic E-state index is -3.57. The van der Waals surface area contributed by atoms with Crippen LogP contribution in [0.4, 0.5) is 5.69 Å². The molecule has 0 aliphatic carbocycles. The third-order valence-electron chi connectivity index (χ3n) is 3.83. The summed E-state index contributed by atoms with van der Waals surface area (Å²) < 4.78 is 27.3. The first-order valence-corrected chi connectivity index (χ1v) is 9.79. The molecule has 134 valence electrons. The largest absolute Gasteiger partial charge is 0.322 e. The van der Waals surface area contributed by atoms with E-state index in [2.05, 4.69) is 10.0 Å². The third-order valence-corrected chi connectivity index (χ3v) is 5.67. The van der Waals surface area contributed by atoms with Gasteiger partial charge < -0.3 is 5.32 Å². The van der Waals surface area contributed by atoms with Gasteiger partial charge in [0.15, 0.2) is 0 Å². The molecule has 0 saturated heterocycles. The van der Waals surface area contributed by atoms with E-state index in [0.29, 0.717) is 28.3 Å². The smallest absolute Gasteiger partial charge is 0.255 e. The number of halogens is 1. The van der Waals surface area contributed by atoms with E-state index in [0.717, 1.165) is 0 Å². The molecule has 0 radical (unpaired) electrons. The molecular weight excluding hydrogens is 360 g/mol. The summed E-state index contributed by atoms with van der Waals surface area (Å²) >= 11 is 5.81. The highest BCUT2D eigenvalue weighted by Crippen LogP contribution is 2.21. The van der Waals surface area contributed by atoms with Gasteiger partial charge in [0.2, 0.25) is 10.0 Å². The number of aryl methyl sites for hydroxylation is 1. The standard InChI is InChI=1S/C18H21ClN2O3S/c1-4-13(3)21-25(23,24)16-9-10-17(12(2)11-16)20-18(22)14-5-7-15(19)8-6-14/h5-11,13,21H,4H2,1-3H3,(H,20,22)/t13-/m0/s1.